The molecule has 0 saturated carbocycles. The molecule has 2 heterocycles. The van der Waals surface area contributed by atoms with Gasteiger partial charge in [0.1, 0.15) is 6.10 Å². The highest BCUT2D eigenvalue weighted by molar-refractivity contribution is 6.35. The monoisotopic (exact) mass is 341 g/mol. The number of aryl methyl sites for hydroxylation is 1. The summed E-state index contributed by atoms with van der Waals surface area (Å²) in [6.45, 7) is 2.94. The summed E-state index contributed by atoms with van der Waals surface area (Å²) < 4.78 is 10.6. The maximum atomic E-state index is 12.6. The number of carbonyl (C=O) groups is 1. The summed E-state index contributed by atoms with van der Waals surface area (Å²) in [7, 11) is 0. The maximum absolute atomic E-state index is 12.6. The lowest BCUT2D eigenvalue weighted by Crippen LogP contribution is -2.42. The van der Waals surface area contributed by atoms with Crippen LogP contribution in [0.1, 0.15) is 28.2 Å². The van der Waals surface area contributed by atoms with Crippen molar-refractivity contribution in [3.05, 3.63) is 45.5 Å². The van der Waals surface area contributed by atoms with Crippen LogP contribution in [0.5, 0.6) is 0 Å². The van der Waals surface area contributed by atoms with Crippen molar-refractivity contribution in [2.24, 2.45) is 0 Å². The molecule has 1 amide bonds. The van der Waals surface area contributed by atoms with Crippen molar-refractivity contribution in [1.82, 2.24) is 15.0 Å². The Morgan fingerprint density at radius 3 is 2.68 bits per heavy atom. The number of morpholine rings is 1. The molecule has 1 atom stereocenters. The smallest absolute Gasteiger partial charge is 0.254 e. The van der Waals surface area contributed by atoms with Gasteiger partial charge in [-0.2, -0.15) is 4.98 Å². The van der Waals surface area contributed by atoms with Crippen LogP contribution in [0.3, 0.4) is 0 Å². The molecular formula is C14H13Cl2N3O3. The topological polar surface area (TPSA) is 68.5 Å². The van der Waals surface area contributed by atoms with Crippen LogP contribution in [0.25, 0.3) is 0 Å². The molecule has 22 heavy (non-hydrogen) atoms. The van der Waals surface area contributed by atoms with E-state index >= 15 is 0 Å². The third-order valence-electron chi connectivity index (χ3n) is 3.29. The van der Waals surface area contributed by atoms with Crippen molar-refractivity contribution in [2.45, 2.75) is 13.0 Å². The highest BCUT2D eigenvalue weighted by atomic mass is 35.5. The number of benzene rings is 1. The van der Waals surface area contributed by atoms with Crippen LogP contribution >= 0.6 is 23.2 Å². The summed E-state index contributed by atoms with van der Waals surface area (Å²) in [6, 6.07) is 4.78. The van der Waals surface area contributed by atoms with Crippen molar-refractivity contribution in [2.75, 3.05) is 19.7 Å². The molecule has 2 aromatic rings. The molecule has 1 aliphatic heterocycles. The molecule has 1 saturated heterocycles. The van der Waals surface area contributed by atoms with Gasteiger partial charge < -0.3 is 14.2 Å². The van der Waals surface area contributed by atoms with E-state index in [2.05, 4.69) is 10.1 Å². The first-order valence-electron chi connectivity index (χ1n) is 6.70. The average molecular weight is 342 g/mol. The second-order valence-electron chi connectivity index (χ2n) is 4.94. The number of hydrogen-bond donors (Lipinski definition) is 0. The molecule has 1 aromatic heterocycles. The molecule has 6 nitrogen and oxygen atoms in total. The van der Waals surface area contributed by atoms with Crippen LogP contribution < -0.4 is 0 Å². The van der Waals surface area contributed by atoms with E-state index in [9.17, 15) is 4.79 Å². The molecule has 1 aliphatic rings. The fourth-order valence-corrected chi connectivity index (χ4v) is 2.82. The summed E-state index contributed by atoms with van der Waals surface area (Å²) in [5.41, 5.74) is 0.447. The molecule has 8 heteroatoms. The first kappa shape index (κ1) is 15.3. The highest BCUT2D eigenvalue weighted by Crippen LogP contribution is 2.24. The largest absolute Gasteiger partial charge is 0.366 e. The SMILES string of the molecule is Cc1nc([C@@H]2CN(C(=O)c3cc(Cl)cc(Cl)c3)CCO2)no1. The van der Waals surface area contributed by atoms with Gasteiger partial charge in [0.2, 0.25) is 11.7 Å². The van der Waals surface area contributed by atoms with E-state index in [0.29, 0.717) is 47.0 Å². The Morgan fingerprint density at radius 2 is 2.05 bits per heavy atom. The number of rotatable bonds is 2. The summed E-state index contributed by atoms with van der Waals surface area (Å²) in [5.74, 6) is 0.751. The first-order valence-corrected chi connectivity index (χ1v) is 7.45. The Bertz CT molecular complexity index is 684. The molecule has 0 N–H and O–H groups in total. The fourth-order valence-electron chi connectivity index (χ4n) is 2.30. The minimum absolute atomic E-state index is 0.155. The number of carbonyl (C=O) groups excluding carboxylic acids is 1. The molecular weight excluding hydrogens is 329 g/mol. The number of aromatic nitrogens is 2. The molecule has 3 rings (SSSR count). The van der Waals surface area contributed by atoms with E-state index in [0.717, 1.165) is 0 Å². The summed E-state index contributed by atoms with van der Waals surface area (Å²) in [4.78, 5) is 18.4. The zero-order chi connectivity index (χ0) is 15.7. The lowest BCUT2D eigenvalue weighted by Gasteiger charge is -2.31. The Morgan fingerprint density at radius 1 is 1.32 bits per heavy atom. The molecule has 0 radical (unpaired) electrons. The zero-order valence-electron chi connectivity index (χ0n) is 11.8. The average Bonchev–Trinajstić information content (AvgIpc) is 2.92. The minimum atomic E-state index is -0.398. The number of ether oxygens (including phenoxy) is 1. The van der Waals surface area contributed by atoms with Crippen LogP contribution in [-0.4, -0.2) is 40.6 Å². The second kappa shape index (κ2) is 6.24. The van der Waals surface area contributed by atoms with E-state index in [1.807, 2.05) is 0 Å². The Labute approximate surface area is 136 Å². The van der Waals surface area contributed by atoms with Gasteiger partial charge in [-0.15, -0.1) is 0 Å². The summed E-state index contributed by atoms with van der Waals surface area (Å²) in [5, 5.41) is 4.69. The molecule has 1 fully saturated rings. The minimum Gasteiger partial charge on any atom is -0.366 e. The lowest BCUT2D eigenvalue weighted by atomic mass is 10.1. The Hall–Kier alpha value is -1.63. The molecule has 116 valence electrons. The standard InChI is InChI=1S/C14H13Cl2N3O3/c1-8-17-13(18-22-8)12-7-19(2-3-21-12)14(20)9-4-10(15)6-11(16)5-9/h4-6,12H,2-3,7H2,1H3/t12-/m0/s1. The van der Waals surface area contributed by atoms with Gasteiger partial charge in [-0.25, -0.2) is 0 Å². The van der Waals surface area contributed by atoms with Gasteiger partial charge in [0.15, 0.2) is 0 Å². The number of amides is 1. The van der Waals surface area contributed by atoms with Crippen molar-refractivity contribution in [1.29, 1.82) is 0 Å². The van der Waals surface area contributed by atoms with E-state index in [4.69, 9.17) is 32.5 Å². The van der Waals surface area contributed by atoms with Crippen LogP contribution in [0, 0.1) is 6.92 Å². The molecule has 0 bridgehead atoms. The number of halogens is 2. The van der Waals surface area contributed by atoms with Gasteiger partial charge in [0, 0.05) is 29.1 Å². The molecule has 0 unspecified atom stereocenters. The van der Waals surface area contributed by atoms with Gasteiger partial charge >= 0.3 is 0 Å². The molecule has 0 spiro atoms. The number of hydrogen-bond acceptors (Lipinski definition) is 5. The second-order valence-corrected chi connectivity index (χ2v) is 5.81. The number of nitrogens with zero attached hydrogens (tertiary/aromatic N) is 3. The predicted octanol–water partition coefficient (Wildman–Crippen LogP) is 2.90. The van der Waals surface area contributed by atoms with Gasteiger partial charge in [0.05, 0.1) is 13.2 Å². The van der Waals surface area contributed by atoms with E-state index in [1.54, 1.807) is 30.0 Å². The van der Waals surface area contributed by atoms with Crippen molar-refractivity contribution in [3.8, 4) is 0 Å². The molecule has 0 aliphatic carbocycles. The van der Waals surface area contributed by atoms with Gasteiger partial charge in [-0.3, -0.25) is 4.79 Å². The van der Waals surface area contributed by atoms with E-state index < -0.39 is 6.10 Å². The Balaban J connectivity index is 1.77. The maximum Gasteiger partial charge on any atom is 0.254 e. The van der Waals surface area contributed by atoms with Crippen molar-refractivity contribution in [3.63, 3.8) is 0 Å². The first-order chi connectivity index (χ1) is 10.5. The van der Waals surface area contributed by atoms with Gasteiger partial charge in [0.25, 0.3) is 5.91 Å². The van der Waals surface area contributed by atoms with Crippen LogP contribution in [0.15, 0.2) is 22.7 Å². The van der Waals surface area contributed by atoms with Crippen molar-refractivity contribution >= 4 is 29.1 Å². The van der Waals surface area contributed by atoms with E-state index in [1.165, 1.54) is 0 Å². The third-order valence-corrected chi connectivity index (χ3v) is 3.73. The summed E-state index contributed by atoms with van der Waals surface area (Å²) in [6.07, 6.45) is -0.398. The Kier molecular flexibility index (Phi) is 4.33. The quantitative estimate of drug-likeness (QED) is 0.839. The summed E-state index contributed by atoms with van der Waals surface area (Å²) >= 11 is 11.9. The van der Waals surface area contributed by atoms with Crippen LogP contribution in [0.2, 0.25) is 10.0 Å². The van der Waals surface area contributed by atoms with Crippen molar-refractivity contribution < 1.29 is 14.1 Å². The van der Waals surface area contributed by atoms with Gasteiger partial charge in [-0.05, 0) is 18.2 Å². The third kappa shape index (κ3) is 3.24. The highest BCUT2D eigenvalue weighted by Gasteiger charge is 2.29. The normalized spacial score (nSPS) is 18.5. The van der Waals surface area contributed by atoms with Crippen LogP contribution in [-0.2, 0) is 4.74 Å². The fraction of sp³-hybridized carbons (Fsp3) is 0.357. The van der Waals surface area contributed by atoms with Gasteiger partial charge in [-0.1, -0.05) is 28.4 Å². The zero-order valence-corrected chi connectivity index (χ0v) is 13.3. The predicted molar refractivity (Wildman–Crippen MR) is 80.1 cm³/mol. The molecule has 1 aromatic carbocycles. The van der Waals surface area contributed by atoms with Crippen LogP contribution in [0.4, 0.5) is 0 Å². The lowest BCUT2D eigenvalue weighted by molar-refractivity contribution is -0.0276. The van der Waals surface area contributed by atoms with E-state index in [-0.39, 0.29) is 5.91 Å².